The van der Waals surface area contributed by atoms with Gasteiger partial charge < -0.3 is 5.32 Å². The fraction of sp³-hybridized carbons (Fsp3) is 0.375. The van der Waals surface area contributed by atoms with Gasteiger partial charge in [0.25, 0.3) is 5.91 Å². The van der Waals surface area contributed by atoms with E-state index in [0.29, 0.717) is 23.1 Å². The molecule has 148 valence electrons. The molecule has 4 atom stereocenters. The van der Waals surface area contributed by atoms with E-state index >= 15 is 0 Å². The minimum Gasteiger partial charge on any atom is -0.322 e. The first kappa shape index (κ1) is 18.1. The Hall–Kier alpha value is -2.95. The highest BCUT2D eigenvalue weighted by atomic mass is 16.2. The second-order valence-electron chi connectivity index (χ2n) is 8.41. The third-order valence-electron chi connectivity index (χ3n) is 6.94. The van der Waals surface area contributed by atoms with Gasteiger partial charge in [0, 0.05) is 11.3 Å². The Balaban J connectivity index is 1.41. The van der Waals surface area contributed by atoms with Crippen LogP contribution >= 0.6 is 0 Å². The molecule has 2 aliphatic carbocycles. The van der Waals surface area contributed by atoms with Crippen LogP contribution < -0.4 is 10.2 Å². The molecule has 2 saturated carbocycles. The SMILES string of the molecule is CCc1ccccc1NC(=O)c1cccc(N2C(=O)[C@@H]3[C@H]4CC[C@@H](C4)[C@H]3C2=O)c1. The lowest BCUT2D eigenvalue weighted by Crippen LogP contribution is -2.33. The number of carbonyl (C=O) groups is 3. The first-order valence-electron chi connectivity index (χ1n) is 10.5. The van der Waals surface area contributed by atoms with Crippen LogP contribution in [-0.4, -0.2) is 17.7 Å². The minimum absolute atomic E-state index is 0.0823. The van der Waals surface area contributed by atoms with Crippen LogP contribution in [0.15, 0.2) is 48.5 Å². The number of amides is 3. The molecule has 3 fully saturated rings. The molecule has 29 heavy (non-hydrogen) atoms. The molecule has 2 aromatic rings. The van der Waals surface area contributed by atoms with Crippen molar-refractivity contribution in [3.63, 3.8) is 0 Å². The molecule has 2 aromatic carbocycles. The maximum atomic E-state index is 13.0. The molecular weight excluding hydrogens is 364 g/mol. The van der Waals surface area contributed by atoms with Crippen molar-refractivity contribution in [2.75, 3.05) is 10.2 Å². The lowest BCUT2D eigenvalue weighted by Gasteiger charge is -2.19. The zero-order valence-corrected chi connectivity index (χ0v) is 16.4. The number of anilines is 2. The van der Waals surface area contributed by atoms with Gasteiger partial charge in [-0.2, -0.15) is 0 Å². The van der Waals surface area contributed by atoms with E-state index < -0.39 is 0 Å². The van der Waals surface area contributed by atoms with Crippen LogP contribution in [0.5, 0.6) is 0 Å². The first-order chi connectivity index (χ1) is 14.1. The zero-order valence-electron chi connectivity index (χ0n) is 16.4. The predicted molar refractivity (Wildman–Crippen MR) is 111 cm³/mol. The Morgan fingerprint density at radius 2 is 1.69 bits per heavy atom. The summed E-state index contributed by atoms with van der Waals surface area (Å²) in [5.41, 5.74) is 2.79. The summed E-state index contributed by atoms with van der Waals surface area (Å²) in [4.78, 5) is 40.2. The summed E-state index contributed by atoms with van der Waals surface area (Å²) in [6, 6.07) is 14.6. The van der Waals surface area contributed by atoms with Gasteiger partial charge in [0.05, 0.1) is 17.5 Å². The zero-order chi connectivity index (χ0) is 20.1. The van der Waals surface area contributed by atoms with Crippen LogP contribution in [-0.2, 0) is 16.0 Å². The van der Waals surface area contributed by atoms with E-state index in [-0.39, 0.29) is 29.6 Å². The van der Waals surface area contributed by atoms with E-state index in [9.17, 15) is 14.4 Å². The predicted octanol–water partition coefficient (Wildman–Crippen LogP) is 4.04. The Labute approximate surface area is 170 Å². The Kier molecular flexibility index (Phi) is 4.26. The van der Waals surface area contributed by atoms with Crippen LogP contribution in [0.2, 0.25) is 0 Å². The molecule has 5 rings (SSSR count). The van der Waals surface area contributed by atoms with Crippen LogP contribution in [0, 0.1) is 23.7 Å². The number of nitrogens with zero attached hydrogens (tertiary/aromatic N) is 1. The normalized spacial score (nSPS) is 27.4. The van der Waals surface area contributed by atoms with Gasteiger partial charge in [0.2, 0.25) is 11.8 Å². The van der Waals surface area contributed by atoms with Crippen molar-refractivity contribution in [3.05, 3.63) is 59.7 Å². The molecule has 0 spiro atoms. The highest BCUT2D eigenvalue weighted by molar-refractivity contribution is 6.23. The maximum Gasteiger partial charge on any atom is 0.255 e. The van der Waals surface area contributed by atoms with Crippen LogP contribution in [0.4, 0.5) is 11.4 Å². The summed E-state index contributed by atoms with van der Waals surface area (Å²) in [7, 11) is 0. The van der Waals surface area contributed by atoms with Crippen molar-refractivity contribution in [2.24, 2.45) is 23.7 Å². The molecule has 1 N–H and O–H groups in total. The van der Waals surface area contributed by atoms with Gasteiger partial charge in [-0.05, 0) is 67.3 Å². The monoisotopic (exact) mass is 388 g/mol. The maximum absolute atomic E-state index is 13.0. The van der Waals surface area contributed by atoms with E-state index in [1.54, 1.807) is 24.3 Å². The highest BCUT2D eigenvalue weighted by Gasteiger charge is 2.61. The van der Waals surface area contributed by atoms with Gasteiger partial charge in [-0.15, -0.1) is 0 Å². The number of carbonyl (C=O) groups excluding carboxylic acids is 3. The summed E-state index contributed by atoms with van der Waals surface area (Å²) >= 11 is 0. The average Bonchev–Trinajstić information content (AvgIpc) is 3.42. The van der Waals surface area contributed by atoms with Crippen molar-refractivity contribution in [3.8, 4) is 0 Å². The molecule has 1 aliphatic heterocycles. The van der Waals surface area contributed by atoms with E-state index in [4.69, 9.17) is 0 Å². The van der Waals surface area contributed by atoms with Crippen LogP contribution in [0.3, 0.4) is 0 Å². The number of aryl methyl sites for hydroxylation is 1. The van der Waals surface area contributed by atoms with Gasteiger partial charge in [0.15, 0.2) is 0 Å². The second-order valence-corrected chi connectivity index (χ2v) is 8.41. The molecule has 0 aromatic heterocycles. The number of hydrogen-bond donors (Lipinski definition) is 1. The average molecular weight is 388 g/mol. The topological polar surface area (TPSA) is 66.5 Å². The van der Waals surface area contributed by atoms with Gasteiger partial charge >= 0.3 is 0 Å². The Morgan fingerprint density at radius 3 is 2.38 bits per heavy atom. The molecule has 2 bridgehead atoms. The Bertz CT molecular complexity index is 987. The standard InChI is InChI=1S/C24H24N2O3/c1-2-14-6-3-4-9-19(14)25-22(27)17-7-5-8-18(13-17)26-23(28)20-15-10-11-16(12-15)21(20)24(26)29/h3-9,13,15-16,20-21H,2,10-12H2,1H3,(H,25,27)/t15-,16-,20+,21+/m0/s1. The molecule has 1 heterocycles. The summed E-state index contributed by atoms with van der Waals surface area (Å²) < 4.78 is 0. The summed E-state index contributed by atoms with van der Waals surface area (Å²) in [6.45, 7) is 2.04. The molecule has 0 unspecified atom stereocenters. The van der Waals surface area contributed by atoms with E-state index in [2.05, 4.69) is 5.32 Å². The summed E-state index contributed by atoms with van der Waals surface area (Å²) in [5, 5.41) is 2.95. The van der Waals surface area contributed by atoms with Gasteiger partial charge in [-0.1, -0.05) is 31.2 Å². The second kappa shape index (κ2) is 6.83. The van der Waals surface area contributed by atoms with E-state index in [1.807, 2.05) is 31.2 Å². The number of imide groups is 1. The number of benzene rings is 2. The minimum atomic E-state index is -0.243. The number of hydrogen-bond acceptors (Lipinski definition) is 3. The molecular formula is C24H24N2O3. The third-order valence-corrected chi connectivity index (χ3v) is 6.94. The van der Waals surface area contributed by atoms with Crippen molar-refractivity contribution in [2.45, 2.75) is 32.6 Å². The quantitative estimate of drug-likeness (QED) is 0.804. The Morgan fingerprint density at radius 1 is 1.00 bits per heavy atom. The lowest BCUT2D eigenvalue weighted by molar-refractivity contribution is -0.123. The fourth-order valence-corrected chi connectivity index (χ4v) is 5.59. The van der Waals surface area contributed by atoms with Crippen molar-refractivity contribution in [1.29, 1.82) is 0 Å². The molecule has 5 nitrogen and oxygen atoms in total. The largest absolute Gasteiger partial charge is 0.322 e. The summed E-state index contributed by atoms with van der Waals surface area (Å²) in [6.07, 6.45) is 3.94. The fourth-order valence-electron chi connectivity index (χ4n) is 5.59. The smallest absolute Gasteiger partial charge is 0.255 e. The molecule has 5 heteroatoms. The van der Waals surface area contributed by atoms with Gasteiger partial charge in [0.1, 0.15) is 0 Å². The number of fused-ring (bicyclic) bond motifs is 5. The van der Waals surface area contributed by atoms with Gasteiger partial charge in [-0.3, -0.25) is 19.3 Å². The van der Waals surface area contributed by atoms with Crippen molar-refractivity contribution in [1.82, 2.24) is 0 Å². The number of rotatable bonds is 4. The molecule has 0 radical (unpaired) electrons. The molecule has 3 amide bonds. The van der Waals surface area contributed by atoms with Crippen LogP contribution in [0.1, 0.15) is 42.1 Å². The van der Waals surface area contributed by atoms with E-state index in [0.717, 1.165) is 36.9 Å². The first-order valence-corrected chi connectivity index (χ1v) is 10.5. The van der Waals surface area contributed by atoms with Gasteiger partial charge in [-0.25, -0.2) is 0 Å². The van der Waals surface area contributed by atoms with Crippen molar-refractivity contribution >= 4 is 29.1 Å². The van der Waals surface area contributed by atoms with E-state index in [1.165, 1.54) is 4.90 Å². The molecule has 1 saturated heterocycles. The highest BCUT2D eigenvalue weighted by Crippen LogP contribution is 2.56. The number of nitrogens with one attached hydrogen (secondary N) is 1. The third kappa shape index (κ3) is 2.79. The van der Waals surface area contributed by atoms with Crippen LogP contribution in [0.25, 0.3) is 0 Å². The molecule has 3 aliphatic rings. The lowest BCUT2D eigenvalue weighted by atomic mass is 9.81. The summed E-state index contributed by atoms with van der Waals surface area (Å²) in [5.74, 6) is -0.0217. The van der Waals surface area contributed by atoms with Crippen molar-refractivity contribution < 1.29 is 14.4 Å². The number of para-hydroxylation sites is 1.